The van der Waals surface area contributed by atoms with Gasteiger partial charge in [0, 0.05) is 12.4 Å². The summed E-state index contributed by atoms with van der Waals surface area (Å²) < 4.78 is 11.0. The molecule has 0 bridgehead atoms. The molecule has 0 saturated carbocycles. The topological polar surface area (TPSA) is 73.3 Å². The number of anilines is 1. The van der Waals surface area contributed by atoms with Gasteiger partial charge in [0.1, 0.15) is 6.61 Å². The summed E-state index contributed by atoms with van der Waals surface area (Å²) in [6.45, 7) is 0.162. The Labute approximate surface area is 109 Å². The second-order valence-corrected chi connectivity index (χ2v) is 3.93. The van der Waals surface area contributed by atoms with Gasteiger partial charge >= 0.3 is 0 Å². The molecule has 0 fully saturated rings. The first-order valence-corrected chi connectivity index (χ1v) is 5.79. The Morgan fingerprint density at radius 3 is 2.68 bits per heavy atom. The van der Waals surface area contributed by atoms with E-state index in [1.165, 1.54) is 0 Å². The number of nitrogens with one attached hydrogen (secondary N) is 1. The molecule has 3 rings (SSSR count). The van der Waals surface area contributed by atoms with Crippen LogP contribution in [-0.2, 0) is 4.79 Å². The molecule has 0 unspecified atom stereocenters. The minimum Gasteiger partial charge on any atom is -0.485 e. The standard InChI is InChI=1S/C13H11N3O3/c17-12(16-13-14-6-3-7-15-13)11-8-18-9-4-1-2-5-10(9)19-11/h1-7,11H,8H2,(H,14,15,16,17)/t11-/m1/s1. The Kier molecular flexibility index (Phi) is 2.97. The molecule has 2 heterocycles. The number of para-hydroxylation sites is 2. The van der Waals surface area contributed by atoms with E-state index in [2.05, 4.69) is 15.3 Å². The minimum atomic E-state index is -0.710. The lowest BCUT2D eigenvalue weighted by molar-refractivity contribution is -0.125. The monoisotopic (exact) mass is 257 g/mol. The van der Waals surface area contributed by atoms with Crippen LogP contribution < -0.4 is 14.8 Å². The first kappa shape index (κ1) is 11.5. The fourth-order valence-electron chi connectivity index (χ4n) is 1.70. The van der Waals surface area contributed by atoms with E-state index in [4.69, 9.17) is 9.47 Å². The Morgan fingerprint density at radius 2 is 1.89 bits per heavy atom. The van der Waals surface area contributed by atoms with Crippen LogP contribution in [0.5, 0.6) is 11.5 Å². The molecule has 0 radical (unpaired) electrons. The molecular weight excluding hydrogens is 246 g/mol. The number of fused-ring (bicyclic) bond motifs is 1. The number of amides is 1. The maximum atomic E-state index is 12.0. The smallest absolute Gasteiger partial charge is 0.271 e. The number of carbonyl (C=O) groups excluding carboxylic acids is 1. The maximum Gasteiger partial charge on any atom is 0.271 e. The number of carbonyl (C=O) groups is 1. The lowest BCUT2D eigenvalue weighted by atomic mass is 10.2. The number of nitrogens with zero attached hydrogens (tertiary/aromatic N) is 2. The Balaban J connectivity index is 1.70. The van der Waals surface area contributed by atoms with Gasteiger partial charge in [-0.15, -0.1) is 0 Å². The zero-order valence-corrected chi connectivity index (χ0v) is 9.95. The number of hydrogen-bond acceptors (Lipinski definition) is 5. The van der Waals surface area contributed by atoms with Crippen molar-refractivity contribution in [3.63, 3.8) is 0 Å². The Bertz CT molecular complexity index is 589. The normalized spacial score (nSPS) is 16.7. The number of hydrogen-bond donors (Lipinski definition) is 1. The molecule has 0 aliphatic carbocycles. The third-order valence-electron chi connectivity index (χ3n) is 2.60. The fraction of sp³-hybridized carbons (Fsp3) is 0.154. The van der Waals surface area contributed by atoms with Crippen LogP contribution in [0.15, 0.2) is 42.7 Å². The third kappa shape index (κ3) is 2.47. The van der Waals surface area contributed by atoms with E-state index in [9.17, 15) is 4.79 Å². The predicted molar refractivity (Wildman–Crippen MR) is 67.0 cm³/mol. The van der Waals surface area contributed by atoms with Crippen LogP contribution in [0.4, 0.5) is 5.95 Å². The van der Waals surface area contributed by atoms with Crippen molar-refractivity contribution in [3.8, 4) is 11.5 Å². The van der Waals surface area contributed by atoms with Gasteiger partial charge in [-0.2, -0.15) is 0 Å². The van der Waals surface area contributed by atoms with Gasteiger partial charge in [-0.3, -0.25) is 10.1 Å². The van der Waals surface area contributed by atoms with E-state index in [1.54, 1.807) is 30.6 Å². The second kappa shape index (κ2) is 4.93. The molecule has 1 aliphatic heterocycles. The van der Waals surface area contributed by atoms with Gasteiger partial charge in [-0.25, -0.2) is 9.97 Å². The summed E-state index contributed by atoms with van der Waals surface area (Å²) in [4.78, 5) is 19.8. The van der Waals surface area contributed by atoms with E-state index in [-0.39, 0.29) is 18.5 Å². The molecule has 1 aromatic heterocycles. The third-order valence-corrected chi connectivity index (χ3v) is 2.60. The zero-order chi connectivity index (χ0) is 13.1. The number of benzene rings is 1. The average Bonchev–Trinajstić information content (AvgIpc) is 2.48. The summed E-state index contributed by atoms with van der Waals surface area (Å²) in [6, 6.07) is 8.90. The fourth-order valence-corrected chi connectivity index (χ4v) is 1.70. The van der Waals surface area contributed by atoms with Gasteiger partial charge in [0.05, 0.1) is 0 Å². The average molecular weight is 257 g/mol. The van der Waals surface area contributed by atoms with Crippen molar-refractivity contribution in [2.75, 3.05) is 11.9 Å². The van der Waals surface area contributed by atoms with Crippen LogP contribution in [0.3, 0.4) is 0 Å². The van der Waals surface area contributed by atoms with Crippen LogP contribution in [0.2, 0.25) is 0 Å². The molecule has 1 amide bonds. The number of aromatic nitrogens is 2. The van der Waals surface area contributed by atoms with E-state index in [0.717, 1.165) is 0 Å². The van der Waals surface area contributed by atoms with Crippen LogP contribution >= 0.6 is 0 Å². The molecule has 1 aromatic carbocycles. The summed E-state index contributed by atoms with van der Waals surface area (Å²) >= 11 is 0. The summed E-state index contributed by atoms with van der Waals surface area (Å²) in [5.41, 5.74) is 0. The molecule has 0 spiro atoms. The van der Waals surface area contributed by atoms with Crippen LogP contribution in [0.25, 0.3) is 0 Å². The van der Waals surface area contributed by atoms with Crippen LogP contribution in [0, 0.1) is 0 Å². The molecule has 1 N–H and O–H groups in total. The van der Waals surface area contributed by atoms with E-state index >= 15 is 0 Å². The Hall–Kier alpha value is -2.63. The highest BCUT2D eigenvalue weighted by atomic mass is 16.6. The van der Waals surface area contributed by atoms with E-state index < -0.39 is 6.10 Å². The van der Waals surface area contributed by atoms with Gasteiger partial charge in [0.15, 0.2) is 11.5 Å². The summed E-state index contributed by atoms with van der Waals surface area (Å²) in [7, 11) is 0. The molecule has 0 saturated heterocycles. The van der Waals surface area contributed by atoms with Crippen molar-refractivity contribution in [3.05, 3.63) is 42.7 Å². The molecule has 1 atom stereocenters. The van der Waals surface area contributed by atoms with Gasteiger partial charge in [-0.1, -0.05) is 12.1 Å². The first-order chi connectivity index (χ1) is 9.33. The quantitative estimate of drug-likeness (QED) is 0.876. The van der Waals surface area contributed by atoms with Gasteiger partial charge < -0.3 is 9.47 Å². The van der Waals surface area contributed by atoms with Gasteiger partial charge in [-0.05, 0) is 18.2 Å². The van der Waals surface area contributed by atoms with Crippen molar-refractivity contribution in [2.45, 2.75) is 6.10 Å². The number of ether oxygens (including phenoxy) is 2. The van der Waals surface area contributed by atoms with E-state index in [1.807, 2.05) is 12.1 Å². The Morgan fingerprint density at radius 1 is 1.16 bits per heavy atom. The highest BCUT2D eigenvalue weighted by Gasteiger charge is 2.27. The lowest BCUT2D eigenvalue weighted by Crippen LogP contribution is -2.40. The molecular formula is C13H11N3O3. The van der Waals surface area contributed by atoms with Crippen molar-refractivity contribution in [2.24, 2.45) is 0 Å². The van der Waals surface area contributed by atoms with Gasteiger partial charge in [0.2, 0.25) is 12.1 Å². The zero-order valence-electron chi connectivity index (χ0n) is 9.95. The molecule has 19 heavy (non-hydrogen) atoms. The largest absolute Gasteiger partial charge is 0.485 e. The SMILES string of the molecule is O=C(Nc1ncccn1)[C@H]1COc2ccccc2O1. The highest BCUT2D eigenvalue weighted by Crippen LogP contribution is 2.30. The predicted octanol–water partition coefficient (Wildman–Crippen LogP) is 1.26. The highest BCUT2D eigenvalue weighted by molar-refractivity contribution is 5.93. The second-order valence-electron chi connectivity index (χ2n) is 3.93. The molecule has 6 heteroatoms. The van der Waals surface area contributed by atoms with Crippen molar-refractivity contribution in [1.82, 2.24) is 9.97 Å². The van der Waals surface area contributed by atoms with Crippen molar-refractivity contribution < 1.29 is 14.3 Å². The molecule has 2 aromatic rings. The maximum absolute atomic E-state index is 12.0. The number of rotatable bonds is 2. The van der Waals surface area contributed by atoms with Crippen LogP contribution in [0.1, 0.15) is 0 Å². The lowest BCUT2D eigenvalue weighted by Gasteiger charge is -2.25. The minimum absolute atomic E-state index is 0.162. The summed E-state index contributed by atoms with van der Waals surface area (Å²) in [5, 5.41) is 2.58. The van der Waals surface area contributed by atoms with Crippen LogP contribution in [-0.4, -0.2) is 28.6 Å². The summed E-state index contributed by atoms with van der Waals surface area (Å²) in [5.74, 6) is 1.11. The first-order valence-electron chi connectivity index (χ1n) is 5.79. The molecule has 6 nitrogen and oxygen atoms in total. The van der Waals surface area contributed by atoms with Crippen molar-refractivity contribution in [1.29, 1.82) is 0 Å². The summed E-state index contributed by atoms with van der Waals surface area (Å²) in [6.07, 6.45) is 2.39. The molecule has 1 aliphatic rings. The van der Waals surface area contributed by atoms with Gasteiger partial charge in [0.25, 0.3) is 5.91 Å². The van der Waals surface area contributed by atoms with Crippen molar-refractivity contribution >= 4 is 11.9 Å². The molecule has 96 valence electrons. The van der Waals surface area contributed by atoms with E-state index in [0.29, 0.717) is 11.5 Å².